The molecule has 172 valence electrons. The highest BCUT2D eigenvalue weighted by Gasteiger charge is 2.28. The van der Waals surface area contributed by atoms with Crippen LogP contribution in [-0.4, -0.2) is 56.8 Å². The van der Waals surface area contributed by atoms with Crippen molar-refractivity contribution in [2.75, 3.05) is 30.8 Å². The van der Waals surface area contributed by atoms with Gasteiger partial charge in [0.1, 0.15) is 11.7 Å². The molecule has 2 N–H and O–H groups in total. The van der Waals surface area contributed by atoms with Crippen molar-refractivity contribution in [3.8, 4) is 5.88 Å². The Bertz CT molecular complexity index is 1160. The molecular weight excluding hydrogens is 465 g/mol. The summed E-state index contributed by atoms with van der Waals surface area (Å²) >= 11 is 12.4. The Morgan fingerprint density at radius 2 is 1.97 bits per heavy atom. The predicted octanol–water partition coefficient (Wildman–Crippen LogP) is 4.39. The third-order valence-corrected chi connectivity index (χ3v) is 6.23. The van der Waals surface area contributed by atoms with E-state index in [-0.39, 0.29) is 17.5 Å². The summed E-state index contributed by atoms with van der Waals surface area (Å²) < 4.78 is 7.87. The van der Waals surface area contributed by atoms with Gasteiger partial charge in [-0.05, 0) is 45.0 Å². The molecule has 1 aliphatic carbocycles. The number of benzene rings is 1. The molecule has 0 bridgehead atoms. The maximum atomic E-state index is 13.0. The molecule has 1 saturated carbocycles. The normalized spacial score (nSPS) is 18.3. The van der Waals surface area contributed by atoms with Crippen LogP contribution in [-0.2, 0) is 0 Å². The van der Waals surface area contributed by atoms with Crippen LogP contribution in [0.15, 0.2) is 36.8 Å². The Hall–Kier alpha value is -2.88. The van der Waals surface area contributed by atoms with Crippen LogP contribution in [0.3, 0.4) is 0 Å². The summed E-state index contributed by atoms with van der Waals surface area (Å²) in [5.41, 5.74) is 1.30. The fourth-order valence-corrected chi connectivity index (χ4v) is 4.16. The molecule has 0 unspecified atom stereocenters. The van der Waals surface area contributed by atoms with Gasteiger partial charge in [-0.15, -0.1) is 0 Å². The van der Waals surface area contributed by atoms with Gasteiger partial charge in [-0.25, -0.2) is 4.98 Å². The van der Waals surface area contributed by atoms with Crippen molar-refractivity contribution in [1.29, 1.82) is 0 Å². The van der Waals surface area contributed by atoms with Crippen LogP contribution in [0.2, 0.25) is 10.0 Å². The average Bonchev–Trinajstić information content (AvgIpc) is 3.29. The number of rotatable bonds is 7. The summed E-state index contributed by atoms with van der Waals surface area (Å²) in [4.78, 5) is 24.0. The van der Waals surface area contributed by atoms with Crippen LogP contribution in [0.25, 0.3) is 0 Å². The lowest BCUT2D eigenvalue weighted by molar-refractivity contribution is 0.102. The highest BCUT2D eigenvalue weighted by Crippen LogP contribution is 2.32. The van der Waals surface area contributed by atoms with E-state index in [2.05, 4.69) is 37.6 Å². The molecule has 1 aliphatic heterocycles. The minimum Gasteiger partial charge on any atom is -0.474 e. The highest BCUT2D eigenvalue weighted by atomic mass is 35.5. The van der Waals surface area contributed by atoms with Gasteiger partial charge in [0.25, 0.3) is 5.91 Å². The third kappa shape index (κ3) is 5.05. The first kappa shape index (κ1) is 21.9. The quantitative estimate of drug-likeness (QED) is 0.509. The van der Waals surface area contributed by atoms with Crippen molar-refractivity contribution in [2.24, 2.45) is 0 Å². The molecule has 1 atom stereocenters. The smallest absolute Gasteiger partial charge is 0.262 e. The van der Waals surface area contributed by atoms with Gasteiger partial charge in [0.15, 0.2) is 0 Å². The first-order chi connectivity index (χ1) is 16.0. The zero-order valence-electron chi connectivity index (χ0n) is 18.0. The Balaban J connectivity index is 1.35. The monoisotopic (exact) mass is 487 g/mol. The maximum Gasteiger partial charge on any atom is 0.262 e. The zero-order valence-corrected chi connectivity index (χ0v) is 19.5. The highest BCUT2D eigenvalue weighted by molar-refractivity contribution is 6.40. The number of nitrogens with one attached hydrogen (secondary N) is 2. The number of likely N-dealkylation sites (tertiary alicyclic amines) is 1. The van der Waals surface area contributed by atoms with Gasteiger partial charge in [0.2, 0.25) is 11.8 Å². The summed E-state index contributed by atoms with van der Waals surface area (Å²) in [6, 6.07) is 5.36. The molecule has 33 heavy (non-hydrogen) atoms. The van der Waals surface area contributed by atoms with E-state index in [1.807, 2.05) is 10.9 Å². The van der Waals surface area contributed by atoms with Gasteiger partial charge in [0, 0.05) is 18.9 Å². The standard InChI is InChI=1S/C22H23Cl2N7O2/c1-30-8-7-14(12-30)31-11-13(9-26-31)27-22-25-10-16(21(29-22)33-15-5-6-15)20(32)28-19-17(23)3-2-4-18(19)24/h2-4,9-11,14-15H,5-8,12H2,1H3,(H,28,32)(H,25,27,29)/t14-/m0/s1. The van der Waals surface area contributed by atoms with Crippen LogP contribution >= 0.6 is 23.2 Å². The molecule has 2 aliphatic rings. The number of halogens is 2. The van der Waals surface area contributed by atoms with E-state index in [0.29, 0.717) is 27.7 Å². The van der Waals surface area contributed by atoms with Gasteiger partial charge in [-0.3, -0.25) is 9.48 Å². The van der Waals surface area contributed by atoms with Crippen molar-refractivity contribution < 1.29 is 9.53 Å². The van der Waals surface area contributed by atoms with Gasteiger partial charge in [0.05, 0.1) is 33.7 Å². The second-order valence-electron chi connectivity index (χ2n) is 8.32. The van der Waals surface area contributed by atoms with E-state index < -0.39 is 5.91 Å². The summed E-state index contributed by atoms with van der Waals surface area (Å²) in [5, 5.41) is 11.0. The van der Waals surface area contributed by atoms with E-state index in [1.54, 1.807) is 24.4 Å². The summed E-state index contributed by atoms with van der Waals surface area (Å²) in [7, 11) is 2.11. The minimum atomic E-state index is -0.453. The van der Waals surface area contributed by atoms with E-state index in [4.69, 9.17) is 27.9 Å². The van der Waals surface area contributed by atoms with Crippen molar-refractivity contribution in [3.63, 3.8) is 0 Å². The molecule has 9 nitrogen and oxygen atoms in total. The maximum absolute atomic E-state index is 13.0. The van der Waals surface area contributed by atoms with Gasteiger partial charge in [-0.1, -0.05) is 29.3 Å². The zero-order chi connectivity index (χ0) is 22.9. The van der Waals surface area contributed by atoms with E-state index >= 15 is 0 Å². The number of amides is 1. The molecule has 1 saturated heterocycles. The lowest BCUT2D eigenvalue weighted by Gasteiger charge is -2.13. The minimum absolute atomic E-state index is 0.0466. The number of anilines is 3. The third-order valence-electron chi connectivity index (χ3n) is 5.60. The number of hydrogen-bond acceptors (Lipinski definition) is 7. The summed E-state index contributed by atoms with van der Waals surface area (Å²) in [6.07, 6.45) is 8.07. The summed E-state index contributed by atoms with van der Waals surface area (Å²) in [6.45, 7) is 2.03. The lowest BCUT2D eigenvalue weighted by atomic mass is 10.2. The second kappa shape index (κ2) is 9.17. The van der Waals surface area contributed by atoms with Crippen LogP contribution in [0, 0.1) is 0 Å². The Kier molecular flexibility index (Phi) is 6.09. The van der Waals surface area contributed by atoms with Crippen LogP contribution < -0.4 is 15.4 Å². The predicted molar refractivity (Wildman–Crippen MR) is 127 cm³/mol. The van der Waals surface area contributed by atoms with Crippen molar-refractivity contribution in [2.45, 2.75) is 31.4 Å². The number of aromatic nitrogens is 4. The van der Waals surface area contributed by atoms with E-state index in [9.17, 15) is 4.79 Å². The number of nitrogens with zero attached hydrogens (tertiary/aromatic N) is 5. The Labute approximate surface area is 201 Å². The fourth-order valence-electron chi connectivity index (χ4n) is 3.67. The topological polar surface area (TPSA) is 97.2 Å². The molecule has 2 fully saturated rings. The largest absolute Gasteiger partial charge is 0.474 e. The molecule has 0 radical (unpaired) electrons. The number of ether oxygens (including phenoxy) is 1. The molecular formula is C22H23Cl2N7O2. The van der Waals surface area contributed by atoms with Crippen LogP contribution in [0.5, 0.6) is 5.88 Å². The first-order valence-corrected chi connectivity index (χ1v) is 11.5. The van der Waals surface area contributed by atoms with Crippen LogP contribution in [0.1, 0.15) is 35.7 Å². The molecule has 3 aromatic rings. The Morgan fingerprint density at radius 3 is 2.67 bits per heavy atom. The van der Waals surface area contributed by atoms with Crippen LogP contribution in [0.4, 0.5) is 17.3 Å². The number of likely N-dealkylation sites (N-methyl/N-ethyl adjacent to an activating group) is 1. The number of carbonyl (C=O) groups is 1. The van der Waals surface area contributed by atoms with E-state index in [1.165, 1.54) is 6.20 Å². The lowest BCUT2D eigenvalue weighted by Crippen LogP contribution is -2.17. The van der Waals surface area contributed by atoms with Crippen molar-refractivity contribution in [1.82, 2.24) is 24.6 Å². The summed E-state index contributed by atoms with van der Waals surface area (Å²) in [5.74, 6) is 0.0759. The molecule has 1 amide bonds. The molecule has 2 aromatic heterocycles. The number of carbonyl (C=O) groups excluding carboxylic acids is 1. The molecule has 3 heterocycles. The van der Waals surface area contributed by atoms with Crippen molar-refractivity contribution >= 4 is 46.4 Å². The first-order valence-electron chi connectivity index (χ1n) is 10.7. The molecule has 1 aromatic carbocycles. The van der Waals surface area contributed by atoms with Gasteiger partial charge >= 0.3 is 0 Å². The fraction of sp³-hybridized carbons (Fsp3) is 0.364. The molecule has 5 rings (SSSR count). The average molecular weight is 488 g/mol. The number of para-hydroxylation sites is 1. The molecule has 0 spiro atoms. The number of hydrogen-bond donors (Lipinski definition) is 2. The SMILES string of the molecule is CN1CC[C@H](n2cc(Nc3ncc(C(=O)Nc4c(Cl)cccc4Cl)c(OC4CC4)n3)cn2)C1. The van der Waals surface area contributed by atoms with Gasteiger partial charge in [-0.2, -0.15) is 10.1 Å². The van der Waals surface area contributed by atoms with E-state index in [0.717, 1.165) is 38.0 Å². The van der Waals surface area contributed by atoms with Crippen molar-refractivity contribution in [3.05, 3.63) is 52.4 Å². The second-order valence-corrected chi connectivity index (χ2v) is 9.13. The molecule has 11 heteroatoms. The van der Waals surface area contributed by atoms with Gasteiger partial charge < -0.3 is 20.3 Å². The Morgan fingerprint density at radius 1 is 1.18 bits per heavy atom.